The number of pyridine rings is 2. The molecule has 5 nitrogen and oxygen atoms in total. The van der Waals surface area contributed by atoms with E-state index in [1.807, 2.05) is 86.7 Å². The van der Waals surface area contributed by atoms with Gasteiger partial charge in [0.2, 0.25) is 0 Å². The topological polar surface area (TPSA) is 58.5 Å². The SMILES string of the molecule is CC(Oc1ccc(-c2cccc(N(C)C)n2)cc1)C(O)CCc1cccnc1. The summed E-state index contributed by atoms with van der Waals surface area (Å²) in [5.74, 6) is 1.66. The molecule has 2 atom stereocenters. The number of aryl methyl sites for hydroxylation is 1. The number of ether oxygens (including phenoxy) is 1. The predicted molar refractivity (Wildman–Crippen MR) is 113 cm³/mol. The summed E-state index contributed by atoms with van der Waals surface area (Å²) in [6.07, 6.45) is 4.15. The average Bonchev–Trinajstić information content (AvgIpc) is 2.73. The van der Waals surface area contributed by atoms with Crippen LogP contribution in [0.3, 0.4) is 0 Å². The van der Waals surface area contributed by atoms with Crippen molar-refractivity contribution in [2.24, 2.45) is 0 Å². The van der Waals surface area contributed by atoms with Gasteiger partial charge >= 0.3 is 0 Å². The van der Waals surface area contributed by atoms with Gasteiger partial charge in [-0.05, 0) is 67.8 Å². The molecule has 2 heterocycles. The van der Waals surface area contributed by atoms with Crippen molar-refractivity contribution in [3.05, 3.63) is 72.6 Å². The Hall–Kier alpha value is -2.92. The highest BCUT2D eigenvalue weighted by atomic mass is 16.5. The average molecular weight is 377 g/mol. The van der Waals surface area contributed by atoms with Gasteiger partial charge in [0.15, 0.2) is 0 Å². The van der Waals surface area contributed by atoms with Crippen molar-refractivity contribution in [2.75, 3.05) is 19.0 Å². The van der Waals surface area contributed by atoms with Crippen LogP contribution in [0.25, 0.3) is 11.3 Å². The molecule has 1 N–H and O–H groups in total. The Labute approximate surface area is 166 Å². The van der Waals surface area contributed by atoms with Gasteiger partial charge in [0.25, 0.3) is 0 Å². The van der Waals surface area contributed by atoms with Gasteiger partial charge in [-0.2, -0.15) is 0 Å². The fourth-order valence-electron chi connectivity index (χ4n) is 2.93. The maximum atomic E-state index is 10.4. The minimum absolute atomic E-state index is 0.294. The minimum Gasteiger partial charge on any atom is -0.488 e. The lowest BCUT2D eigenvalue weighted by molar-refractivity contribution is 0.0420. The van der Waals surface area contributed by atoms with Crippen LogP contribution >= 0.6 is 0 Å². The van der Waals surface area contributed by atoms with Crippen molar-refractivity contribution < 1.29 is 9.84 Å². The van der Waals surface area contributed by atoms with E-state index < -0.39 is 6.10 Å². The number of hydrogen-bond acceptors (Lipinski definition) is 5. The first-order valence-corrected chi connectivity index (χ1v) is 9.51. The number of rotatable bonds is 8. The minimum atomic E-state index is -0.543. The van der Waals surface area contributed by atoms with Gasteiger partial charge in [0.05, 0.1) is 11.8 Å². The van der Waals surface area contributed by atoms with E-state index in [-0.39, 0.29) is 6.10 Å². The summed E-state index contributed by atoms with van der Waals surface area (Å²) in [6, 6.07) is 17.7. The molecule has 3 aromatic rings. The van der Waals surface area contributed by atoms with Gasteiger partial charge < -0.3 is 14.7 Å². The molecule has 3 rings (SSSR count). The van der Waals surface area contributed by atoms with E-state index in [4.69, 9.17) is 4.74 Å². The Bertz CT molecular complexity index is 867. The van der Waals surface area contributed by atoms with Crippen LogP contribution in [0.2, 0.25) is 0 Å². The second-order valence-electron chi connectivity index (χ2n) is 7.09. The number of aromatic nitrogens is 2. The molecule has 0 saturated carbocycles. The molecular weight excluding hydrogens is 350 g/mol. The lowest BCUT2D eigenvalue weighted by atomic mass is 10.1. The summed E-state index contributed by atoms with van der Waals surface area (Å²) in [5, 5.41) is 10.4. The molecule has 2 unspecified atom stereocenters. The van der Waals surface area contributed by atoms with Gasteiger partial charge in [0.1, 0.15) is 17.7 Å². The van der Waals surface area contributed by atoms with Gasteiger partial charge in [-0.25, -0.2) is 4.98 Å². The standard InChI is InChI=1S/C23H27N3O2/c1-17(22(27)14-9-18-6-5-15-24-16-18)28-20-12-10-19(11-13-20)21-7-4-8-23(25-21)26(2)3/h4-8,10-13,15-17,22,27H,9,14H2,1-3H3. The molecule has 0 radical (unpaired) electrons. The van der Waals surface area contributed by atoms with Crippen LogP contribution in [0.5, 0.6) is 5.75 Å². The number of benzene rings is 1. The van der Waals surface area contributed by atoms with Crippen LogP contribution in [0.1, 0.15) is 18.9 Å². The van der Waals surface area contributed by atoms with Gasteiger partial charge in [-0.1, -0.05) is 12.1 Å². The van der Waals surface area contributed by atoms with Crippen LogP contribution in [0.15, 0.2) is 67.0 Å². The van der Waals surface area contributed by atoms with E-state index in [2.05, 4.69) is 9.97 Å². The molecule has 0 aliphatic rings. The molecule has 0 aliphatic heterocycles. The lowest BCUT2D eigenvalue weighted by Gasteiger charge is -2.20. The van der Waals surface area contributed by atoms with E-state index in [9.17, 15) is 5.11 Å². The van der Waals surface area contributed by atoms with Crippen LogP contribution in [0, 0.1) is 0 Å². The zero-order chi connectivity index (χ0) is 19.9. The summed E-state index contributed by atoms with van der Waals surface area (Å²) in [6.45, 7) is 1.89. The second-order valence-corrected chi connectivity index (χ2v) is 7.09. The molecular formula is C23H27N3O2. The van der Waals surface area contributed by atoms with Crippen LogP contribution in [-0.2, 0) is 6.42 Å². The molecule has 28 heavy (non-hydrogen) atoms. The Balaban J connectivity index is 1.58. The Morgan fingerprint density at radius 2 is 1.82 bits per heavy atom. The Morgan fingerprint density at radius 3 is 2.50 bits per heavy atom. The Kier molecular flexibility index (Phi) is 6.61. The predicted octanol–water partition coefficient (Wildman–Crippen LogP) is 3.97. The molecule has 1 aromatic carbocycles. The number of anilines is 1. The lowest BCUT2D eigenvalue weighted by Crippen LogP contribution is -2.29. The van der Waals surface area contributed by atoms with Crippen molar-refractivity contribution in [2.45, 2.75) is 32.0 Å². The maximum absolute atomic E-state index is 10.4. The van der Waals surface area contributed by atoms with E-state index in [1.165, 1.54) is 0 Å². The first-order valence-electron chi connectivity index (χ1n) is 9.51. The number of hydrogen-bond donors (Lipinski definition) is 1. The largest absolute Gasteiger partial charge is 0.488 e. The monoisotopic (exact) mass is 377 g/mol. The summed E-state index contributed by atoms with van der Waals surface area (Å²) < 4.78 is 5.92. The van der Waals surface area contributed by atoms with Crippen LogP contribution in [0.4, 0.5) is 5.82 Å². The summed E-state index contributed by atoms with van der Waals surface area (Å²) in [5.41, 5.74) is 3.06. The third-order valence-corrected chi connectivity index (χ3v) is 4.66. The summed E-state index contributed by atoms with van der Waals surface area (Å²) in [7, 11) is 3.95. The summed E-state index contributed by atoms with van der Waals surface area (Å²) in [4.78, 5) is 10.7. The molecule has 0 aliphatic carbocycles. The van der Waals surface area contributed by atoms with Crippen molar-refractivity contribution in [1.29, 1.82) is 0 Å². The van der Waals surface area contributed by atoms with Crippen molar-refractivity contribution in [1.82, 2.24) is 9.97 Å². The van der Waals surface area contributed by atoms with E-state index in [1.54, 1.807) is 6.20 Å². The van der Waals surface area contributed by atoms with Gasteiger partial charge in [-0.15, -0.1) is 0 Å². The fourth-order valence-corrected chi connectivity index (χ4v) is 2.93. The maximum Gasteiger partial charge on any atom is 0.128 e. The fraction of sp³-hybridized carbons (Fsp3) is 0.304. The normalized spacial score (nSPS) is 13.0. The van der Waals surface area contributed by atoms with Crippen molar-refractivity contribution in [3.63, 3.8) is 0 Å². The second kappa shape index (κ2) is 9.33. The highest BCUT2D eigenvalue weighted by Gasteiger charge is 2.16. The quantitative estimate of drug-likeness (QED) is 0.644. The van der Waals surface area contributed by atoms with Crippen LogP contribution < -0.4 is 9.64 Å². The smallest absolute Gasteiger partial charge is 0.128 e. The third kappa shape index (κ3) is 5.30. The van der Waals surface area contributed by atoms with Gasteiger partial charge in [-0.3, -0.25) is 4.98 Å². The van der Waals surface area contributed by atoms with E-state index in [0.717, 1.165) is 34.8 Å². The number of aliphatic hydroxyl groups is 1. The molecule has 0 amide bonds. The molecule has 0 spiro atoms. The molecule has 2 aromatic heterocycles. The zero-order valence-electron chi connectivity index (χ0n) is 16.6. The molecule has 0 fully saturated rings. The van der Waals surface area contributed by atoms with Crippen LogP contribution in [-0.4, -0.2) is 41.4 Å². The first kappa shape index (κ1) is 19.8. The highest BCUT2D eigenvalue weighted by molar-refractivity contribution is 5.62. The molecule has 0 bridgehead atoms. The Morgan fingerprint density at radius 1 is 1.04 bits per heavy atom. The molecule has 146 valence electrons. The van der Waals surface area contributed by atoms with Crippen molar-refractivity contribution >= 4 is 5.82 Å². The van der Waals surface area contributed by atoms with Crippen molar-refractivity contribution in [3.8, 4) is 17.0 Å². The first-order chi connectivity index (χ1) is 13.5. The zero-order valence-corrected chi connectivity index (χ0v) is 16.6. The third-order valence-electron chi connectivity index (χ3n) is 4.66. The highest BCUT2D eigenvalue weighted by Crippen LogP contribution is 2.24. The molecule has 0 saturated heterocycles. The van der Waals surface area contributed by atoms with E-state index >= 15 is 0 Å². The number of nitrogens with zero attached hydrogens (tertiary/aromatic N) is 3. The summed E-state index contributed by atoms with van der Waals surface area (Å²) >= 11 is 0. The van der Waals surface area contributed by atoms with E-state index in [0.29, 0.717) is 6.42 Å². The number of aliphatic hydroxyl groups excluding tert-OH is 1. The van der Waals surface area contributed by atoms with Gasteiger partial charge in [0, 0.05) is 32.1 Å². The molecule has 5 heteroatoms.